The van der Waals surface area contributed by atoms with Crippen LogP contribution in [0.5, 0.6) is 5.75 Å². The number of benzene rings is 2. The Morgan fingerprint density at radius 2 is 1.94 bits per heavy atom. The van der Waals surface area contributed by atoms with Crippen LogP contribution in [0.2, 0.25) is 5.02 Å². The summed E-state index contributed by atoms with van der Waals surface area (Å²) >= 11 is 6.68. The van der Waals surface area contributed by atoms with Crippen LogP contribution >= 0.6 is 24.0 Å². The van der Waals surface area contributed by atoms with E-state index in [0.717, 1.165) is 51.8 Å². The van der Waals surface area contributed by atoms with E-state index < -0.39 is 0 Å². The second-order valence-corrected chi connectivity index (χ2v) is 9.15. The fourth-order valence-electron chi connectivity index (χ4n) is 4.71. The molecule has 0 amide bonds. The van der Waals surface area contributed by atoms with Gasteiger partial charge >= 0.3 is 0 Å². The van der Waals surface area contributed by atoms with Crippen LogP contribution in [-0.2, 0) is 24.5 Å². The number of fused-ring (bicyclic) bond motifs is 2. The highest BCUT2D eigenvalue weighted by Crippen LogP contribution is 2.41. The van der Waals surface area contributed by atoms with Gasteiger partial charge in [-0.1, -0.05) is 41.9 Å². The Hall–Kier alpha value is -2.80. The molecular formula is C26H26Cl2N4O2. The first-order valence-corrected chi connectivity index (χ1v) is 11.6. The summed E-state index contributed by atoms with van der Waals surface area (Å²) in [6.07, 6.45) is 2.37. The lowest BCUT2D eigenvalue weighted by atomic mass is 10.1. The van der Waals surface area contributed by atoms with E-state index in [4.69, 9.17) is 31.2 Å². The fourth-order valence-corrected chi connectivity index (χ4v) is 4.98. The van der Waals surface area contributed by atoms with E-state index in [-0.39, 0.29) is 12.4 Å². The van der Waals surface area contributed by atoms with Crippen LogP contribution in [0.3, 0.4) is 0 Å². The van der Waals surface area contributed by atoms with Crippen molar-refractivity contribution in [1.82, 2.24) is 14.6 Å². The molecular weight excluding hydrogens is 471 g/mol. The third-order valence-corrected chi connectivity index (χ3v) is 6.79. The molecule has 4 aromatic rings. The third-order valence-electron chi connectivity index (χ3n) is 6.48. The molecule has 2 aliphatic rings. The van der Waals surface area contributed by atoms with Crippen LogP contribution in [0.1, 0.15) is 35.4 Å². The summed E-state index contributed by atoms with van der Waals surface area (Å²) in [6, 6.07) is 16.9. The minimum atomic E-state index is 0. The lowest BCUT2D eigenvalue weighted by molar-refractivity contribution is 0.133. The molecule has 0 bridgehead atoms. The lowest BCUT2D eigenvalue weighted by Gasteiger charge is -2.27. The number of hydrogen-bond acceptors (Lipinski definition) is 5. The molecule has 0 unspecified atom stereocenters. The van der Waals surface area contributed by atoms with Crippen LogP contribution in [-0.4, -0.2) is 27.7 Å². The van der Waals surface area contributed by atoms with E-state index >= 15 is 0 Å². The zero-order valence-corrected chi connectivity index (χ0v) is 20.7. The van der Waals surface area contributed by atoms with Gasteiger partial charge in [0.2, 0.25) is 0 Å². The second kappa shape index (κ2) is 9.10. The number of anilines is 1. The highest BCUT2D eigenvalue weighted by molar-refractivity contribution is 6.33. The van der Waals surface area contributed by atoms with Crippen molar-refractivity contribution >= 4 is 35.5 Å². The maximum atomic E-state index is 6.68. The average molecular weight is 497 g/mol. The molecule has 0 radical (unpaired) electrons. The molecule has 1 aliphatic heterocycles. The van der Waals surface area contributed by atoms with E-state index in [9.17, 15) is 0 Å². The summed E-state index contributed by atoms with van der Waals surface area (Å²) in [5, 5.41) is 5.61. The van der Waals surface area contributed by atoms with Crippen molar-refractivity contribution in [3.8, 4) is 16.9 Å². The number of halogens is 2. The van der Waals surface area contributed by atoms with Crippen molar-refractivity contribution in [3.63, 3.8) is 0 Å². The molecule has 0 atom stereocenters. The first-order chi connectivity index (χ1) is 16.1. The Kier molecular flexibility index (Phi) is 6.15. The van der Waals surface area contributed by atoms with Crippen molar-refractivity contribution in [2.45, 2.75) is 45.6 Å². The zero-order chi connectivity index (χ0) is 22.5. The topological polar surface area (TPSA) is 51.9 Å². The van der Waals surface area contributed by atoms with Gasteiger partial charge in [0.15, 0.2) is 5.65 Å². The molecule has 34 heavy (non-hydrogen) atoms. The number of hydrogen-bond donors (Lipinski definition) is 0. The van der Waals surface area contributed by atoms with Crippen LogP contribution in [0.4, 0.5) is 5.82 Å². The predicted molar refractivity (Wildman–Crippen MR) is 136 cm³/mol. The van der Waals surface area contributed by atoms with Gasteiger partial charge in [-0.15, -0.1) is 12.4 Å². The van der Waals surface area contributed by atoms with Gasteiger partial charge in [0.25, 0.3) is 0 Å². The summed E-state index contributed by atoms with van der Waals surface area (Å²) < 4.78 is 13.2. The van der Waals surface area contributed by atoms with E-state index in [1.54, 1.807) is 7.11 Å². The lowest BCUT2D eigenvalue weighted by Crippen LogP contribution is -2.29. The molecule has 6 rings (SSSR count). The van der Waals surface area contributed by atoms with Gasteiger partial charge < -0.3 is 14.4 Å². The summed E-state index contributed by atoms with van der Waals surface area (Å²) in [7, 11) is 1.64. The second-order valence-electron chi connectivity index (χ2n) is 8.74. The molecule has 1 saturated carbocycles. The molecule has 1 fully saturated rings. The van der Waals surface area contributed by atoms with Crippen molar-refractivity contribution < 1.29 is 9.47 Å². The van der Waals surface area contributed by atoms with Gasteiger partial charge in [-0.25, -0.2) is 4.98 Å². The minimum absolute atomic E-state index is 0. The molecule has 8 heteroatoms. The molecule has 2 aromatic carbocycles. The molecule has 0 N–H and O–H groups in total. The van der Waals surface area contributed by atoms with Gasteiger partial charge in [0, 0.05) is 23.7 Å². The number of ether oxygens (including phenoxy) is 2. The summed E-state index contributed by atoms with van der Waals surface area (Å²) in [4.78, 5) is 7.51. The Balaban J connectivity index is 0.00000241. The smallest absolute Gasteiger partial charge is 0.165 e. The summed E-state index contributed by atoms with van der Waals surface area (Å²) in [6.45, 7) is 3.93. The Labute approximate surface area is 209 Å². The number of aryl methyl sites for hydroxylation is 1. The van der Waals surface area contributed by atoms with Crippen LogP contribution in [0.15, 0.2) is 48.5 Å². The maximum Gasteiger partial charge on any atom is 0.165 e. The highest BCUT2D eigenvalue weighted by Gasteiger charge is 2.35. The SMILES string of the molecule is COc1ccc(-c2c(C)nn3c(N(Cc4ccccc4)C4CC4)c4c(nc23)COC4)c(Cl)c1.Cl. The summed E-state index contributed by atoms with van der Waals surface area (Å²) in [5.74, 6) is 1.82. The monoisotopic (exact) mass is 496 g/mol. The Morgan fingerprint density at radius 3 is 2.65 bits per heavy atom. The highest BCUT2D eigenvalue weighted by atomic mass is 35.5. The normalized spacial score (nSPS) is 14.7. The third kappa shape index (κ3) is 3.90. The van der Waals surface area contributed by atoms with Gasteiger partial charge in [-0.05, 0) is 43.5 Å². The molecule has 1 aliphatic carbocycles. The van der Waals surface area contributed by atoms with E-state index in [1.165, 1.54) is 18.4 Å². The minimum Gasteiger partial charge on any atom is -0.497 e. The van der Waals surface area contributed by atoms with E-state index in [2.05, 4.69) is 35.2 Å². The number of rotatable bonds is 6. The van der Waals surface area contributed by atoms with Gasteiger partial charge in [-0.2, -0.15) is 9.61 Å². The molecule has 3 heterocycles. The van der Waals surface area contributed by atoms with Gasteiger partial charge in [0.1, 0.15) is 11.6 Å². The maximum absolute atomic E-state index is 6.68. The first-order valence-electron chi connectivity index (χ1n) is 11.3. The van der Waals surface area contributed by atoms with E-state index in [1.807, 2.05) is 29.6 Å². The van der Waals surface area contributed by atoms with Gasteiger partial charge in [0.05, 0.1) is 42.3 Å². The molecule has 176 valence electrons. The number of aromatic nitrogens is 3. The molecule has 2 aromatic heterocycles. The first kappa shape index (κ1) is 23.0. The molecule has 0 saturated heterocycles. The van der Waals surface area contributed by atoms with Crippen molar-refractivity contribution in [1.29, 1.82) is 0 Å². The van der Waals surface area contributed by atoms with Crippen molar-refractivity contribution in [2.24, 2.45) is 0 Å². The Bertz CT molecular complexity index is 1350. The zero-order valence-electron chi connectivity index (χ0n) is 19.1. The molecule has 0 spiro atoms. The fraction of sp³-hybridized carbons (Fsp3) is 0.308. The van der Waals surface area contributed by atoms with Crippen molar-refractivity contribution in [2.75, 3.05) is 12.0 Å². The quantitative estimate of drug-likeness (QED) is 0.328. The number of nitrogens with zero attached hydrogens (tertiary/aromatic N) is 4. The average Bonchev–Trinajstić information content (AvgIpc) is 3.48. The van der Waals surface area contributed by atoms with Crippen LogP contribution in [0.25, 0.3) is 16.8 Å². The number of methoxy groups -OCH3 is 1. The van der Waals surface area contributed by atoms with E-state index in [0.29, 0.717) is 24.3 Å². The van der Waals surface area contributed by atoms with Crippen LogP contribution in [0, 0.1) is 6.92 Å². The standard InChI is InChI=1S/C26H25ClN4O2.ClH/c1-16-24(20-11-10-19(32-2)12-22(20)27)25-28-23-15-33-14-21(23)26(31(25)29-16)30(18-8-9-18)13-17-6-4-3-5-7-17;/h3-7,10-12,18H,8-9,13-15H2,1-2H3;1H. The van der Waals surface area contributed by atoms with Crippen LogP contribution < -0.4 is 9.64 Å². The van der Waals surface area contributed by atoms with Crippen molar-refractivity contribution in [3.05, 3.63) is 76.1 Å². The molecule has 6 nitrogen and oxygen atoms in total. The van der Waals surface area contributed by atoms with Gasteiger partial charge in [-0.3, -0.25) is 0 Å². The summed E-state index contributed by atoms with van der Waals surface area (Å²) in [5.41, 5.74) is 6.98. The largest absolute Gasteiger partial charge is 0.497 e. The Morgan fingerprint density at radius 1 is 1.15 bits per heavy atom. The predicted octanol–water partition coefficient (Wildman–Crippen LogP) is 5.99.